The Kier molecular flexibility index (Phi) is 5.14. The summed E-state index contributed by atoms with van der Waals surface area (Å²) in [6, 6.07) is 16.3. The van der Waals surface area contributed by atoms with Gasteiger partial charge in [0.15, 0.2) is 0 Å². The Bertz CT molecular complexity index is 637. The van der Waals surface area contributed by atoms with Crippen molar-refractivity contribution in [1.29, 1.82) is 0 Å². The average Bonchev–Trinajstić information content (AvgIpc) is 2.82. The van der Waals surface area contributed by atoms with Gasteiger partial charge in [-0.15, -0.1) is 0 Å². The lowest BCUT2D eigenvalue weighted by molar-refractivity contribution is 0.240. The first-order chi connectivity index (χ1) is 11.1. The van der Waals surface area contributed by atoms with Crippen LogP contribution in [0.1, 0.15) is 40.3 Å². The minimum atomic E-state index is 0.357. The van der Waals surface area contributed by atoms with Crippen LogP contribution >= 0.6 is 0 Å². The molecule has 3 rings (SSSR count). The number of aryl methyl sites for hydroxylation is 3. The highest BCUT2D eigenvalue weighted by molar-refractivity contribution is 5.40. The molecule has 2 aromatic carbocycles. The molecule has 1 aliphatic heterocycles. The van der Waals surface area contributed by atoms with Gasteiger partial charge >= 0.3 is 0 Å². The van der Waals surface area contributed by atoms with Gasteiger partial charge in [0.1, 0.15) is 0 Å². The fourth-order valence-corrected chi connectivity index (χ4v) is 3.52. The summed E-state index contributed by atoms with van der Waals surface area (Å²) in [5, 5.41) is 3.53. The van der Waals surface area contributed by atoms with Crippen molar-refractivity contribution in [2.24, 2.45) is 0 Å². The van der Waals surface area contributed by atoms with E-state index < -0.39 is 0 Å². The highest BCUT2D eigenvalue weighted by Gasteiger charge is 2.24. The Morgan fingerprint density at radius 2 is 1.61 bits per heavy atom. The second-order valence-electron chi connectivity index (χ2n) is 6.81. The van der Waals surface area contributed by atoms with E-state index in [1.54, 1.807) is 0 Å². The van der Waals surface area contributed by atoms with E-state index in [1.807, 2.05) is 0 Å². The molecule has 23 heavy (non-hydrogen) atoms. The zero-order valence-electron chi connectivity index (χ0n) is 14.6. The molecule has 1 saturated heterocycles. The van der Waals surface area contributed by atoms with Crippen molar-refractivity contribution in [2.75, 3.05) is 26.2 Å². The van der Waals surface area contributed by atoms with Crippen molar-refractivity contribution in [1.82, 2.24) is 10.2 Å². The molecule has 1 aliphatic rings. The summed E-state index contributed by atoms with van der Waals surface area (Å²) in [5.41, 5.74) is 6.92. The van der Waals surface area contributed by atoms with Crippen LogP contribution in [0.15, 0.2) is 42.5 Å². The van der Waals surface area contributed by atoms with Crippen LogP contribution in [0.25, 0.3) is 0 Å². The van der Waals surface area contributed by atoms with E-state index in [2.05, 4.69) is 73.5 Å². The molecule has 2 aromatic rings. The molecule has 122 valence electrons. The summed E-state index contributed by atoms with van der Waals surface area (Å²) in [5.74, 6) is 0. The standard InChI is InChI=1S/C21H28N2/c1-16-6-9-19(10-7-16)21(23-13-4-11-22-12-14-23)20-15-17(2)5-8-18(20)3/h5-10,15,21-22H,4,11-14H2,1-3H3. The molecule has 0 amide bonds. The lowest BCUT2D eigenvalue weighted by Crippen LogP contribution is -2.33. The predicted octanol–water partition coefficient (Wildman–Crippen LogP) is 4.00. The van der Waals surface area contributed by atoms with Crippen molar-refractivity contribution < 1.29 is 0 Å². The molecule has 1 atom stereocenters. The third kappa shape index (κ3) is 3.82. The summed E-state index contributed by atoms with van der Waals surface area (Å²) in [6.07, 6.45) is 1.22. The summed E-state index contributed by atoms with van der Waals surface area (Å²) in [7, 11) is 0. The van der Waals surface area contributed by atoms with Gasteiger partial charge in [0.05, 0.1) is 6.04 Å². The second-order valence-corrected chi connectivity index (χ2v) is 6.81. The van der Waals surface area contributed by atoms with Crippen LogP contribution in [0.5, 0.6) is 0 Å². The van der Waals surface area contributed by atoms with Crippen LogP contribution in [0, 0.1) is 20.8 Å². The number of benzene rings is 2. The van der Waals surface area contributed by atoms with Crippen LogP contribution < -0.4 is 5.32 Å². The van der Waals surface area contributed by atoms with Gasteiger partial charge in [-0.05, 0) is 50.4 Å². The van der Waals surface area contributed by atoms with E-state index in [9.17, 15) is 0 Å². The zero-order valence-corrected chi connectivity index (χ0v) is 14.6. The van der Waals surface area contributed by atoms with Crippen molar-refractivity contribution >= 4 is 0 Å². The zero-order chi connectivity index (χ0) is 16.2. The Hall–Kier alpha value is -1.64. The minimum absolute atomic E-state index is 0.357. The van der Waals surface area contributed by atoms with Gasteiger partial charge in [0, 0.05) is 19.6 Å². The minimum Gasteiger partial charge on any atom is -0.315 e. The van der Waals surface area contributed by atoms with E-state index in [0.717, 1.165) is 26.2 Å². The first kappa shape index (κ1) is 16.2. The van der Waals surface area contributed by atoms with Crippen LogP contribution in [0.3, 0.4) is 0 Å². The monoisotopic (exact) mass is 308 g/mol. The first-order valence-electron chi connectivity index (χ1n) is 8.73. The Balaban J connectivity index is 2.04. The summed E-state index contributed by atoms with van der Waals surface area (Å²) < 4.78 is 0. The molecule has 0 saturated carbocycles. The van der Waals surface area contributed by atoms with E-state index in [4.69, 9.17) is 0 Å². The normalized spacial score (nSPS) is 17.7. The largest absolute Gasteiger partial charge is 0.315 e. The highest BCUT2D eigenvalue weighted by Crippen LogP contribution is 2.32. The van der Waals surface area contributed by atoms with Crippen molar-refractivity contribution in [3.05, 3.63) is 70.3 Å². The number of nitrogens with one attached hydrogen (secondary N) is 1. The molecular formula is C21H28N2. The van der Waals surface area contributed by atoms with Gasteiger partial charge in [0.25, 0.3) is 0 Å². The third-order valence-electron chi connectivity index (χ3n) is 4.86. The second kappa shape index (κ2) is 7.29. The fourth-order valence-electron chi connectivity index (χ4n) is 3.52. The lowest BCUT2D eigenvalue weighted by Gasteiger charge is -2.32. The van der Waals surface area contributed by atoms with E-state index in [1.165, 1.54) is 34.2 Å². The maximum atomic E-state index is 3.53. The number of hydrogen-bond acceptors (Lipinski definition) is 2. The lowest BCUT2D eigenvalue weighted by atomic mass is 9.91. The maximum absolute atomic E-state index is 3.53. The first-order valence-corrected chi connectivity index (χ1v) is 8.73. The molecule has 1 unspecified atom stereocenters. The molecule has 1 N–H and O–H groups in total. The van der Waals surface area contributed by atoms with Crippen molar-refractivity contribution in [3.63, 3.8) is 0 Å². The Morgan fingerprint density at radius 3 is 2.39 bits per heavy atom. The molecule has 0 aromatic heterocycles. The summed E-state index contributed by atoms with van der Waals surface area (Å²) >= 11 is 0. The Labute approximate surface area is 140 Å². The van der Waals surface area contributed by atoms with Gasteiger partial charge in [-0.2, -0.15) is 0 Å². The molecule has 2 heteroatoms. The van der Waals surface area contributed by atoms with E-state index in [0.29, 0.717) is 6.04 Å². The molecule has 1 heterocycles. The molecule has 1 fully saturated rings. The van der Waals surface area contributed by atoms with Crippen molar-refractivity contribution in [3.8, 4) is 0 Å². The van der Waals surface area contributed by atoms with Crippen LogP contribution in [0.2, 0.25) is 0 Å². The van der Waals surface area contributed by atoms with Gasteiger partial charge in [-0.1, -0.05) is 53.6 Å². The topological polar surface area (TPSA) is 15.3 Å². The van der Waals surface area contributed by atoms with Crippen molar-refractivity contribution in [2.45, 2.75) is 33.2 Å². The quantitative estimate of drug-likeness (QED) is 0.922. The van der Waals surface area contributed by atoms with Gasteiger partial charge < -0.3 is 5.32 Å². The molecule has 2 nitrogen and oxygen atoms in total. The third-order valence-corrected chi connectivity index (χ3v) is 4.86. The molecular weight excluding hydrogens is 280 g/mol. The summed E-state index contributed by atoms with van der Waals surface area (Å²) in [6.45, 7) is 11.1. The van der Waals surface area contributed by atoms with Gasteiger partial charge in [0.2, 0.25) is 0 Å². The van der Waals surface area contributed by atoms with Gasteiger partial charge in [-0.25, -0.2) is 0 Å². The predicted molar refractivity (Wildman–Crippen MR) is 98.0 cm³/mol. The molecule has 0 aliphatic carbocycles. The fraction of sp³-hybridized carbons (Fsp3) is 0.429. The van der Waals surface area contributed by atoms with Crippen LogP contribution in [0.4, 0.5) is 0 Å². The maximum Gasteiger partial charge on any atom is 0.0604 e. The molecule has 0 spiro atoms. The number of nitrogens with zero attached hydrogens (tertiary/aromatic N) is 1. The van der Waals surface area contributed by atoms with Crippen LogP contribution in [-0.4, -0.2) is 31.1 Å². The average molecular weight is 308 g/mol. The van der Waals surface area contributed by atoms with Gasteiger partial charge in [-0.3, -0.25) is 4.90 Å². The van der Waals surface area contributed by atoms with Crippen LogP contribution in [-0.2, 0) is 0 Å². The number of rotatable bonds is 3. The molecule has 0 radical (unpaired) electrons. The smallest absolute Gasteiger partial charge is 0.0604 e. The SMILES string of the molecule is Cc1ccc(C(c2cc(C)ccc2C)N2CCCNCC2)cc1. The van der Waals surface area contributed by atoms with E-state index in [-0.39, 0.29) is 0 Å². The highest BCUT2D eigenvalue weighted by atomic mass is 15.2. The summed E-state index contributed by atoms with van der Waals surface area (Å²) in [4.78, 5) is 2.65. The van der Waals surface area contributed by atoms with E-state index >= 15 is 0 Å². The number of hydrogen-bond donors (Lipinski definition) is 1. The molecule has 0 bridgehead atoms. The Morgan fingerprint density at radius 1 is 0.870 bits per heavy atom.